The van der Waals surface area contributed by atoms with Crippen LogP contribution in [0.15, 0.2) is 18.2 Å². The predicted octanol–water partition coefficient (Wildman–Crippen LogP) is 2.37. The van der Waals surface area contributed by atoms with Crippen molar-refractivity contribution < 1.29 is 9.84 Å². The van der Waals surface area contributed by atoms with Gasteiger partial charge in [0.25, 0.3) is 0 Å². The normalized spacial score (nSPS) is 25.8. The smallest absolute Gasteiger partial charge is 0.127 e. The minimum Gasteiger partial charge on any atom is -0.508 e. The van der Waals surface area contributed by atoms with E-state index in [1.807, 2.05) is 32.9 Å². The summed E-state index contributed by atoms with van der Waals surface area (Å²) < 4.78 is 5.69. The second-order valence-electron chi connectivity index (χ2n) is 5.31. The summed E-state index contributed by atoms with van der Waals surface area (Å²) in [5.74, 6) is 0.184. The number of rotatable bonds is 2. The van der Waals surface area contributed by atoms with Gasteiger partial charge in [0.15, 0.2) is 0 Å². The zero-order chi connectivity index (χ0) is 14.0. The van der Waals surface area contributed by atoms with Gasteiger partial charge in [-0.25, -0.2) is 0 Å². The summed E-state index contributed by atoms with van der Waals surface area (Å²) in [6.45, 7) is 7.38. The number of phenolic OH excluding ortho intramolecular Hbond substituents is 1. The zero-order valence-electron chi connectivity index (χ0n) is 11.6. The number of benzene rings is 1. The van der Waals surface area contributed by atoms with Crippen molar-refractivity contribution in [2.45, 2.75) is 39.0 Å². The molecule has 1 N–H and O–H groups in total. The largest absolute Gasteiger partial charge is 0.508 e. The Morgan fingerprint density at radius 2 is 2.00 bits per heavy atom. The molecule has 19 heavy (non-hydrogen) atoms. The number of hydrogen-bond donors (Lipinski definition) is 1. The fourth-order valence-corrected chi connectivity index (χ4v) is 2.67. The molecule has 1 aromatic rings. The van der Waals surface area contributed by atoms with Crippen LogP contribution in [0, 0.1) is 18.3 Å². The molecule has 1 saturated heterocycles. The molecule has 0 radical (unpaired) electrons. The third-order valence-electron chi connectivity index (χ3n) is 3.41. The van der Waals surface area contributed by atoms with Gasteiger partial charge in [0.05, 0.1) is 18.3 Å². The molecule has 0 aliphatic carbocycles. The van der Waals surface area contributed by atoms with E-state index in [4.69, 9.17) is 4.74 Å². The van der Waals surface area contributed by atoms with Gasteiger partial charge in [-0.15, -0.1) is 0 Å². The van der Waals surface area contributed by atoms with Gasteiger partial charge < -0.3 is 9.84 Å². The number of morpholine rings is 1. The van der Waals surface area contributed by atoms with Crippen molar-refractivity contribution >= 4 is 0 Å². The van der Waals surface area contributed by atoms with Crippen LogP contribution < -0.4 is 0 Å². The van der Waals surface area contributed by atoms with Crippen molar-refractivity contribution in [1.29, 1.82) is 5.26 Å². The highest BCUT2D eigenvalue weighted by molar-refractivity contribution is 5.40. The van der Waals surface area contributed by atoms with Gasteiger partial charge in [0.2, 0.25) is 0 Å². The van der Waals surface area contributed by atoms with Gasteiger partial charge in [0.1, 0.15) is 11.8 Å². The standard InChI is InChI=1S/C15H20N2O2/c1-10-4-5-15(18)13(6-10)14(7-16)17-8-11(2)19-12(3)9-17/h4-6,11-12,14,18H,8-9H2,1-3H3. The summed E-state index contributed by atoms with van der Waals surface area (Å²) in [7, 11) is 0. The van der Waals surface area contributed by atoms with E-state index >= 15 is 0 Å². The Morgan fingerprint density at radius 3 is 2.58 bits per heavy atom. The fraction of sp³-hybridized carbons (Fsp3) is 0.533. The molecule has 0 aromatic heterocycles. The van der Waals surface area contributed by atoms with Crippen molar-refractivity contribution in [3.05, 3.63) is 29.3 Å². The Labute approximate surface area is 114 Å². The van der Waals surface area contributed by atoms with E-state index in [1.165, 1.54) is 0 Å². The van der Waals surface area contributed by atoms with E-state index in [9.17, 15) is 10.4 Å². The van der Waals surface area contributed by atoms with Gasteiger partial charge in [-0.3, -0.25) is 4.90 Å². The number of phenols is 1. The van der Waals surface area contributed by atoms with Crippen LogP contribution in [-0.4, -0.2) is 35.3 Å². The van der Waals surface area contributed by atoms with Crippen LogP contribution in [0.1, 0.15) is 31.0 Å². The Morgan fingerprint density at radius 1 is 1.37 bits per heavy atom. The average Bonchev–Trinajstić information content (AvgIpc) is 2.33. The fourth-order valence-electron chi connectivity index (χ4n) is 2.67. The first-order valence-electron chi connectivity index (χ1n) is 6.60. The Hall–Kier alpha value is -1.57. The minimum atomic E-state index is -0.423. The van der Waals surface area contributed by atoms with Gasteiger partial charge in [0, 0.05) is 18.7 Å². The molecule has 1 heterocycles. The third kappa shape index (κ3) is 3.06. The first-order chi connectivity index (χ1) is 9.01. The lowest BCUT2D eigenvalue weighted by Gasteiger charge is -2.37. The maximum atomic E-state index is 9.99. The lowest BCUT2D eigenvalue weighted by Crippen LogP contribution is -2.46. The van der Waals surface area contributed by atoms with Crippen LogP contribution in [-0.2, 0) is 4.74 Å². The number of hydrogen-bond acceptors (Lipinski definition) is 4. The first-order valence-corrected chi connectivity index (χ1v) is 6.60. The average molecular weight is 260 g/mol. The zero-order valence-corrected chi connectivity index (χ0v) is 11.6. The van der Waals surface area contributed by atoms with Crippen LogP contribution in [0.5, 0.6) is 5.75 Å². The summed E-state index contributed by atoms with van der Waals surface area (Å²) in [4.78, 5) is 2.08. The van der Waals surface area contributed by atoms with Crippen molar-refractivity contribution in [3.63, 3.8) is 0 Å². The Bertz CT molecular complexity index is 485. The maximum absolute atomic E-state index is 9.99. The SMILES string of the molecule is Cc1ccc(O)c(C(C#N)N2CC(C)OC(C)C2)c1. The third-order valence-corrected chi connectivity index (χ3v) is 3.41. The van der Waals surface area contributed by atoms with E-state index in [-0.39, 0.29) is 18.0 Å². The van der Waals surface area contributed by atoms with E-state index in [0.29, 0.717) is 18.7 Å². The molecule has 2 rings (SSSR count). The number of aromatic hydroxyl groups is 1. The first kappa shape index (κ1) is 13.9. The van der Waals surface area contributed by atoms with Crippen molar-refractivity contribution in [2.75, 3.05) is 13.1 Å². The summed E-state index contributed by atoms with van der Waals surface area (Å²) >= 11 is 0. The summed E-state index contributed by atoms with van der Waals surface area (Å²) in [6, 6.07) is 7.27. The second-order valence-corrected chi connectivity index (χ2v) is 5.31. The van der Waals surface area contributed by atoms with E-state index < -0.39 is 6.04 Å². The highest BCUT2D eigenvalue weighted by Crippen LogP contribution is 2.31. The molecule has 1 fully saturated rings. The molecule has 4 nitrogen and oxygen atoms in total. The van der Waals surface area contributed by atoms with Crippen LogP contribution >= 0.6 is 0 Å². The Balaban J connectivity index is 2.29. The quantitative estimate of drug-likeness (QED) is 0.887. The molecule has 4 heteroatoms. The lowest BCUT2D eigenvalue weighted by atomic mass is 10.0. The summed E-state index contributed by atoms with van der Waals surface area (Å²) in [5.41, 5.74) is 1.73. The van der Waals surface area contributed by atoms with Crippen molar-refractivity contribution in [3.8, 4) is 11.8 Å². The molecule has 1 aliphatic heterocycles. The lowest BCUT2D eigenvalue weighted by molar-refractivity contribution is -0.0751. The number of aryl methyl sites for hydroxylation is 1. The van der Waals surface area contributed by atoms with Crippen molar-refractivity contribution in [1.82, 2.24) is 4.90 Å². The number of nitrogens with zero attached hydrogens (tertiary/aromatic N) is 2. The second kappa shape index (κ2) is 5.60. The van der Waals surface area contributed by atoms with Gasteiger partial charge >= 0.3 is 0 Å². The summed E-state index contributed by atoms with van der Waals surface area (Å²) in [6.07, 6.45) is 0.207. The summed E-state index contributed by atoms with van der Waals surface area (Å²) in [5, 5.41) is 19.5. The highest BCUT2D eigenvalue weighted by Gasteiger charge is 2.30. The van der Waals surface area contributed by atoms with Crippen LogP contribution in [0.2, 0.25) is 0 Å². The molecular weight excluding hydrogens is 240 g/mol. The molecule has 3 unspecified atom stereocenters. The predicted molar refractivity (Wildman–Crippen MR) is 72.8 cm³/mol. The van der Waals surface area contributed by atoms with Gasteiger partial charge in [-0.1, -0.05) is 11.6 Å². The molecule has 102 valence electrons. The molecule has 0 saturated carbocycles. The molecule has 0 spiro atoms. The number of ether oxygens (including phenoxy) is 1. The highest BCUT2D eigenvalue weighted by atomic mass is 16.5. The monoisotopic (exact) mass is 260 g/mol. The molecule has 3 atom stereocenters. The molecular formula is C15H20N2O2. The van der Waals surface area contributed by atoms with Gasteiger partial charge in [-0.2, -0.15) is 5.26 Å². The topological polar surface area (TPSA) is 56.5 Å². The van der Waals surface area contributed by atoms with Crippen LogP contribution in [0.3, 0.4) is 0 Å². The minimum absolute atomic E-state index is 0.103. The molecule has 1 aromatic carbocycles. The Kier molecular flexibility index (Phi) is 4.08. The van der Waals surface area contributed by atoms with E-state index in [0.717, 1.165) is 5.56 Å². The molecule has 0 bridgehead atoms. The van der Waals surface area contributed by atoms with E-state index in [1.54, 1.807) is 6.07 Å². The van der Waals surface area contributed by atoms with E-state index in [2.05, 4.69) is 11.0 Å². The van der Waals surface area contributed by atoms with Crippen LogP contribution in [0.25, 0.3) is 0 Å². The van der Waals surface area contributed by atoms with Crippen molar-refractivity contribution in [2.24, 2.45) is 0 Å². The maximum Gasteiger partial charge on any atom is 0.127 e. The van der Waals surface area contributed by atoms with Crippen LogP contribution in [0.4, 0.5) is 0 Å². The molecule has 0 amide bonds. The molecule has 1 aliphatic rings. The number of nitriles is 1. The van der Waals surface area contributed by atoms with Gasteiger partial charge in [-0.05, 0) is 32.9 Å².